The quantitative estimate of drug-likeness (QED) is 0.172. The zero-order valence-electron chi connectivity index (χ0n) is 29.7. The number of anilines is 5. The number of hydrogen-bond donors (Lipinski definition) is 1. The van der Waals surface area contributed by atoms with Gasteiger partial charge < -0.3 is 29.3 Å². The van der Waals surface area contributed by atoms with Crippen molar-refractivity contribution in [1.29, 1.82) is 0 Å². The monoisotopic (exact) mass is 744 g/mol. The van der Waals surface area contributed by atoms with E-state index in [0.29, 0.717) is 4.90 Å². The Hall–Kier alpha value is -4.60. The average molecular weight is 746 g/mol. The minimum atomic E-state index is -1.08. The Labute approximate surface area is 306 Å². The van der Waals surface area contributed by atoms with Crippen molar-refractivity contribution in [3.63, 3.8) is 0 Å². The lowest BCUT2D eigenvalue weighted by Crippen LogP contribution is -2.60. The van der Waals surface area contributed by atoms with E-state index >= 15 is 0 Å². The van der Waals surface area contributed by atoms with Gasteiger partial charge in [0.2, 0.25) is 0 Å². The first kappa shape index (κ1) is 37.7. The van der Waals surface area contributed by atoms with Gasteiger partial charge in [-0.15, -0.1) is 0 Å². The van der Waals surface area contributed by atoms with E-state index in [1.807, 2.05) is 6.07 Å². The van der Waals surface area contributed by atoms with E-state index < -0.39 is 22.6 Å². The number of carbonyl (C=O) groups excluding carboxylic acids is 2. The number of carbonyl (C=O) groups is 2. The Kier molecular flexibility index (Phi) is 11.0. The van der Waals surface area contributed by atoms with Gasteiger partial charge in [0.25, 0.3) is 5.69 Å². The number of rotatable bonds is 9. The molecule has 3 amide bonds. The molecule has 0 saturated carbocycles. The van der Waals surface area contributed by atoms with Gasteiger partial charge in [-0.25, -0.2) is 19.6 Å². The van der Waals surface area contributed by atoms with E-state index in [1.54, 1.807) is 32.9 Å². The van der Waals surface area contributed by atoms with Crippen LogP contribution in [0.4, 0.5) is 44.0 Å². The largest absolute Gasteiger partial charge is 0.495 e. The number of nitro benzene ring substituents is 1. The fraction of sp³-hybridized carbons (Fsp3) is 0.471. The second-order valence-electron chi connectivity index (χ2n) is 13.6. The number of nitrogens with one attached hydrogen (secondary N) is 1. The van der Waals surface area contributed by atoms with Crippen molar-refractivity contribution in [2.24, 2.45) is 5.41 Å². The number of ether oxygens (including phenoxy) is 3. The minimum absolute atomic E-state index is 0.0347. The molecule has 3 heterocycles. The Bertz CT molecular complexity index is 1780. The summed E-state index contributed by atoms with van der Waals surface area (Å²) in [4.78, 5) is 54.3. The number of piperidine rings is 1. The van der Waals surface area contributed by atoms with E-state index in [4.69, 9.17) is 37.4 Å². The van der Waals surface area contributed by atoms with Gasteiger partial charge in [-0.1, -0.05) is 30.1 Å². The van der Waals surface area contributed by atoms with Crippen molar-refractivity contribution in [2.75, 3.05) is 74.0 Å². The molecule has 15 nitrogen and oxygen atoms in total. The molecule has 3 aromatic rings. The molecule has 2 aliphatic heterocycles. The Morgan fingerprint density at radius 2 is 1.67 bits per heavy atom. The second kappa shape index (κ2) is 14.9. The molecule has 2 aromatic carbocycles. The first-order chi connectivity index (χ1) is 24.1. The summed E-state index contributed by atoms with van der Waals surface area (Å²) in [5.41, 5.74) is -0.137. The molecule has 2 saturated heterocycles. The number of urea groups is 1. The van der Waals surface area contributed by atoms with Gasteiger partial charge >= 0.3 is 12.1 Å². The van der Waals surface area contributed by atoms with Crippen LogP contribution in [0.15, 0.2) is 36.7 Å². The van der Waals surface area contributed by atoms with Gasteiger partial charge in [0, 0.05) is 49.4 Å². The van der Waals surface area contributed by atoms with Crippen LogP contribution in [0.3, 0.4) is 0 Å². The maximum Gasteiger partial charge on any atom is 0.423 e. The summed E-state index contributed by atoms with van der Waals surface area (Å²) in [6, 6.07) is 6.91. The van der Waals surface area contributed by atoms with Crippen molar-refractivity contribution in [3.05, 3.63) is 56.8 Å². The van der Waals surface area contributed by atoms with Gasteiger partial charge in [-0.05, 0) is 65.4 Å². The summed E-state index contributed by atoms with van der Waals surface area (Å²) in [5.74, 6) is 0.365. The Morgan fingerprint density at radius 3 is 2.22 bits per heavy atom. The molecule has 51 heavy (non-hydrogen) atoms. The molecule has 274 valence electrons. The molecular weight excluding hydrogens is 703 g/mol. The number of halogens is 2. The number of benzene rings is 2. The van der Waals surface area contributed by atoms with Crippen LogP contribution in [0.5, 0.6) is 11.5 Å². The summed E-state index contributed by atoms with van der Waals surface area (Å²) in [6.07, 6.45) is 2.34. The number of nitro groups is 1. The standard InChI is InChI=1S/C34H42Cl2N8O7/c1-8-41-13-11-34(12-14-41)18-42(19-34)21-9-10-22(23(15-21)44(47)48)39-26-17-27(38-20-37-26)40(5)31(45)43(32(46)51-33(2,3)4)30-28(35)24(49-6)16-25(50-7)29(30)36/h9-10,15-17,20H,8,11-14,18-19H2,1-7H3,(H,37,38,39). The molecule has 0 aliphatic carbocycles. The first-order valence-corrected chi connectivity index (χ1v) is 17.1. The van der Waals surface area contributed by atoms with Crippen LogP contribution in [0, 0.1) is 15.5 Å². The first-order valence-electron chi connectivity index (χ1n) is 16.4. The molecule has 2 fully saturated rings. The summed E-state index contributed by atoms with van der Waals surface area (Å²) in [6.45, 7) is 12.0. The molecule has 5 rings (SSSR count). The molecule has 0 bridgehead atoms. The van der Waals surface area contributed by atoms with Gasteiger partial charge in [0.1, 0.15) is 56.5 Å². The smallest absolute Gasteiger partial charge is 0.423 e. The number of hydrogen-bond acceptors (Lipinski definition) is 12. The van der Waals surface area contributed by atoms with Crippen LogP contribution in [0.1, 0.15) is 40.5 Å². The summed E-state index contributed by atoms with van der Waals surface area (Å²) in [7, 11) is 4.08. The number of aromatic nitrogens is 2. The highest BCUT2D eigenvalue weighted by molar-refractivity contribution is 6.43. The van der Waals surface area contributed by atoms with Crippen LogP contribution in [0.25, 0.3) is 0 Å². The predicted octanol–water partition coefficient (Wildman–Crippen LogP) is 7.37. The van der Waals surface area contributed by atoms with E-state index in [0.717, 1.165) is 56.2 Å². The van der Waals surface area contributed by atoms with Gasteiger partial charge in [0.15, 0.2) is 0 Å². The summed E-state index contributed by atoms with van der Waals surface area (Å²) >= 11 is 13.2. The molecule has 17 heteroatoms. The highest BCUT2D eigenvalue weighted by Gasteiger charge is 2.45. The third kappa shape index (κ3) is 8.00. The second-order valence-corrected chi connectivity index (χ2v) is 14.3. The number of imide groups is 1. The zero-order valence-corrected chi connectivity index (χ0v) is 31.2. The average Bonchev–Trinajstić information content (AvgIpc) is 3.08. The summed E-state index contributed by atoms with van der Waals surface area (Å²) in [5, 5.41) is 14.9. The Balaban J connectivity index is 1.40. The van der Waals surface area contributed by atoms with Crippen LogP contribution in [0.2, 0.25) is 10.0 Å². The molecule has 0 unspecified atom stereocenters. The topological polar surface area (TPSA) is 156 Å². The fourth-order valence-electron chi connectivity index (χ4n) is 6.21. The lowest BCUT2D eigenvalue weighted by molar-refractivity contribution is -0.383. The van der Waals surface area contributed by atoms with Crippen molar-refractivity contribution >= 4 is 69.7 Å². The predicted molar refractivity (Wildman–Crippen MR) is 196 cm³/mol. The van der Waals surface area contributed by atoms with Crippen LogP contribution < -0.4 is 29.5 Å². The van der Waals surface area contributed by atoms with E-state index in [-0.39, 0.29) is 55.7 Å². The lowest BCUT2D eigenvalue weighted by Gasteiger charge is -2.55. The van der Waals surface area contributed by atoms with Crippen LogP contribution in [-0.2, 0) is 4.74 Å². The third-order valence-electron chi connectivity index (χ3n) is 9.05. The molecule has 2 aliphatic rings. The van der Waals surface area contributed by atoms with E-state index in [2.05, 4.69) is 32.0 Å². The van der Waals surface area contributed by atoms with Crippen molar-refractivity contribution in [1.82, 2.24) is 14.9 Å². The highest BCUT2D eigenvalue weighted by atomic mass is 35.5. The van der Waals surface area contributed by atoms with Crippen molar-refractivity contribution in [3.8, 4) is 11.5 Å². The Morgan fingerprint density at radius 1 is 1.04 bits per heavy atom. The molecule has 0 radical (unpaired) electrons. The number of nitrogens with zero attached hydrogens (tertiary/aromatic N) is 7. The normalized spacial score (nSPS) is 15.5. The third-order valence-corrected chi connectivity index (χ3v) is 9.78. The van der Waals surface area contributed by atoms with Crippen molar-refractivity contribution < 1.29 is 28.7 Å². The molecule has 0 atom stereocenters. The molecular formula is C34H42Cl2N8O7. The highest BCUT2D eigenvalue weighted by Crippen LogP contribution is 2.47. The fourth-order valence-corrected chi connectivity index (χ4v) is 6.88. The van der Waals surface area contributed by atoms with E-state index in [9.17, 15) is 19.7 Å². The van der Waals surface area contributed by atoms with Crippen molar-refractivity contribution in [2.45, 2.75) is 46.1 Å². The van der Waals surface area contributed by atoms with Crippen LogP contribution >= 0.6 is 23.2 Å². The zero-order chi connectivity index (χ0) is 37.2. The van der Waals surface area contributed by atoms with Gasteiger partial charge in [-0.3, -0.25) is 15.0 Å². The number of likely N-dealkylation sites (tertiary alicyclic amines) is 1. The van der Waals surface area contributed by atoms with Crippen LogP contribution in [-0.4, -0.2) is 91.5 Å². The maximum atomic E-state index is 14.1. The molecule has 1 aromatic heterocycles. The number of amides is 3. The SMILES string of the molecule is CCN1CCC2(CC1)CN(c1ccc(Nc3cc(N(C)C(=O)N(C(=O)OC(C)(C)C)c4c(Cl)c(OC)cc(OC)c4Cl)ncn3)c([N+](=O)[O-])c1)C2. The molecule has 1 N–H and O–H groups in total. The lowest BCUT2D eigenvalue weighted by atomic mass is 9.71. The number of methoxy groups -OCH3 is 2. The molecule has 1 spiro atoms. The minimum Gasteiger partial charge on any atom is -0.495 e. The van der Waals surface area contributed by atoms with E-state index in [1.165, 1.54) is 39.7 Å². The van der Waals surface area contributed by atoms with Gasteiger partial charge in [-0.2, -0.15) is 4.90 Å². The van der Waals surface area contributed by atoms with Gasteiger partial charge in [0.05, 0.1) is 19.1 Å². The maximum absolute atomic E-state index is 14.1. The summed E-state index contributed by atoms with van der Waals surface area (Å²) < 4.78 is 16.3.